The first-order valence-electron chi connectivity index (χ1n) is 9.69. The topological polar surface area (TPSA) is 83.4 Å². The number of rotatable bonds is 10. The molecule has 0 saturated carbocycles. The van der Waals surface area contributed by atoms with Crippen molar-refractivity contribution in [3.05, 3.63) is 66.2 Å². The lowest BCUT2D eigenvalue weighted by molar-refractivity contribution is 0.222. The number of hydrogen-bond acceptors (Lipinski definition) is 6. The van der Waals surface area contributed by atoms with Crippen LogP contribution in [0.4, 0.5) is 0 Å². The summed E-state index contributed by atoms with van der Waals surface area (Å²) < 4.78 is 51.7. The molecule has 0 spiro atoms. The molecule has 0 amide bonds. The van der Waals surface area contributed by atoms with Gasteiger partial charge in [0.05, 0.1) is 25.2 Å². The van der Waals surface area contributed by atoms with E-state index in [1.54, 1.807) is 43.5 Å². The van der Waals surface area contributed by atoms with Crippen molar-refractivity contribution in [2.75, 3.05) is 20.3 Å². The fraction of sp³-hybridized carbons (Fsp3) is 0.227. The SMILES string of the molecule is CCOP(OCC)Oc1cccc2c(OC)ccc(/C=N/S(=O)(=O)c3ccccc3)c12. The van der Waals surface area contributed by atoms with Gasteiger partial charge in [-0.05, 0) is 44.2 Å². The zero-order valence-electron chi connectivity index (χ0n) is 17.5. The normalized spacial score (nSPS) is 12.0. The standard InChI is InChI=1S/C22H24NO6PS/c1-4-27-30(28-5-2)29-21-13-9-12-19-20(26-3)15-14-17(22(19)21)16-23-31(24,25)18-10-7-6-8-11-18/h6-16H,4-5H2,1-3H3/b23-16+. The third kappa shape index (κ3) is 5.60. The molecule has 0 aliphatic carbocycles. The summed E-state index contributed by atoms with van der Waals surface area (Å²) >= 11 is 0. The summed E-state index contributed by atoms with van der Waals surface area (Å²) in [7, 11) is -3.88. The van der Waals surface area contributed by atoms with Crippen LogP contribution in [0.3, 0.4) is 0 Å². The minimum atomic E-state index is -3.84. The van der Waals surface area contributed by atoms with Crippen LogP contribution in [-0.4, -0.2) is 35.0 Å². The van der Waals surface area contributed by atoms with Gasteiger partial charge >= 0.3 is 8.60 Å². The Morgan fingerprint density at radius 1 is 0.903 bits per heavy atom. The van der Waals surface area contributed by atoms with Gasteiger partial charge < -0.3 is 18.3 Å². The Morgan fingerprint density at radius 3 is 2.26 bits per heavy atom. The lowest BCUT2D eigenvalue weighted by Gasteiger charge is -2.18. The largest absolute Gasteiger partial charge is 0.496 e. The first-order chi connectivity index (χ1) is 15.0. The molecule has 0 aliphatic heterocycles. The molecule has 0 unspecified atom stereocenters. The smallest absolute Gasteiger partial charge is 0.397 e. The number of sulfonamides is 1. The molecule has 164 valence electrons. The van der Waals surface area contributed by atoms with Gasteiger partial charge in [-0.15, -0.1) is 0 Å². The highest BCUT2D eigenvalue weighted by molar-refractivity contribution is 7.90. The molecule has 0 aliphatic rings. The Bertz CT molecular complexity index is 1150. The van der Waals surface area contributed by atoms with E-state index in [0.29, 0.717) is 35.7 Å². The van der Waals surface area contributed by atoms with Crippen LogP contribution in [0.25, 0.3) is 10.8 Å². The van der Waals surface area contributed by atoms with Gasteiger partial charge in [0.1, 0.15) is 11.5 Å². The van der Waals surface area contributed by atoms with Crippen molar-refractivity contribution in [2.45, 2.75) is 18.7 Å². The van der Waals surface area contributed by atoms with Gasteiger partial charge in [-0.3, -0.25) is 0 Å². The first kappa shape index (κ1) is 23.2. The van der Waals surface area contributed by atoms with E-state index in [4.69, 9.17) is 18.3 Å². The van der Waals surface area contributed by atoms with Crippen molar-refractivity contribution in [2.24, 2.45) is 4.40 Å². The van der Waals surface area contributed by atoms with Gasteiger partial charge in [0, 0.05) is 22.6 Å². The molecule has 7 nitrogen and oxygen atoms in total. The maximum absolute atomic E-state index is 12.6. The molecule has 9 heteroatoms. The molecule has 0 radical (unpaired) electrons. The third-order valence-electron chi connectivity index (χ3n) is 4.23. The molecule has 3 aromatic rings. The maximum atomic E-state index is 12.6. The highest BCUT2D eigenvalue weighted by Gasteiger charge is 2.18. The zero-order chi connectivity index (χ0) is 22.3. The quantitative estimate of drug-likeness (QED) is 0.300. The van der Waals surface area contributed by atoms with Crippen LogP contribution in [0.2, 0.25) is 0 Å². The summed E-state index contributed by atoms with van der Waals surface area (Å²) in [4.78, 5) is 0.122. The van der Waals surface area contributed by atoms with E-state index in [0.717, 1.165) is 5.39 Å². The van der Waals surface area contributed by atoms with Gasteiger partial charge in [-0.2, -0.15) is 12.8 Å². The summed E-state index contributed by atoms with van der Waals surface area (Å²) in [6, 6.07) is 17.0. The second-order valence-corrected chi connectivity index (χ2v) is 8.99. The van der Waals surface area contributed by atoms with Crippen LogP contribution in [0.1, 0.15) is 19.4 Å². The van der Waals surface area contributed by atoms with Crippen LogP contribution < -0.4 is 9.26 Å². The van der Waals surface area contributed by atoms with E-state index in [2.05, 4.69) is 4.40 Å². The van der Waals surface area contributed by atoms with E-state index in [1.165, 1.54) is 18.3 Å². The van der Waals surface area contributed by atoms with Gasteiger partial charge in [-0.25, -0.2) is 0 Å². The molecule has 31 heavy (non-hydrogen) atoms. The Kier molecular flexibility index (Phi) is 7.98. The maximum Gasteiger partial charge on any atom is 0.397 e. The fourth-order valence-electron chi connectivity index (χ4n) is 2.90. The molecule has 0 saturated heterocycles. The predicted molar refractivity (Wildman–Crippen MR) is 123 cm³/mol. The number of fused-ring (bicyclic) bond motifs is 1. The van der Waals surface area contributed by atoms with Crippen molar-refractivity contribution in [3.63, 3.8) is 0 Å². The summed E-state index contributed by atoms with van der Waals surface area (Å²) in [5, 5.41) is 1.41. The van der Waals surface area contributed by atoms with E-state index in [1.807, 2.05) is 26.0 Å². The highest BCUT2D eigenvalue weighted by Crippen LogP contribution is 2.44. The number of methoxy groups -OCH3 is 1. The van der Waals surface area contributed by atoms with Crippen molar-refractivity contribution in [3.8, 4) is 11.5 Å². The highest BCUT2D eigenvalue weighted by atomic mass is 32.2. The van der Waals surface area contributed by atoms with E-state index in [9.17, 15) is 8.42 Å². The second-order valence-electron chi connectivity index (χ2n) is 6.21. The molecule has 0 fully saturated rings. The van der Waals surface area contributed by atoms with Crippen molar-refractivity contribution >= 4 is 35.6 Å². The summed E-state index contributed by atoms with van der Waals surface area (Å²) in [6.45, 7) is 4.58. The van der Waals surface area contributed by atoms with E-state index >= 15 is 0 Å². The lowest BCUT2D eigenvalue weighted by Crippen LogP contribution is -2.00. The molecule has 0 atom stereocenters. The average Bonchev–Trinajstić information content (AvgIpc) is 2.78. The summed E-state index contributed by atoms with van der Waals surface area (Å²) in [5.41, 5.74) is 0.564. The van der Waals surface area contributed by atoms with Gasteiger partial charge in [-0.1, -0.05) is 30.3 Å². The van der Waals surface area contributed by atoms with E-state index < -0.39 is 18.6 Å². The first-order valence-corrected chi connectivity index (χ1v) is 12.2. The molecule has 3 rings (SSSR count). The van der Waals surface area contributed by atoms with Crippen LogP contribution in [0.5, 0.6) is 11.5 Å². The van der Waals surface area contributed by atoms with E-state index in [-0.39, 0.29) is 4.90 Å². The molecule has 0 N–H and O–H groups in total. The van der Waals surface area contributed by atoms with Crippen LogP contribution >= 0.6 is 8.60 Å². The fourth-order valence-corrected chi connectivity index (χ4v) is 4.68. The minimum absolute atomic E-state index is 0.122. The van der Waals surface area contributed by atoms with Crippen molar-refractivity contribution in [1.82, 2.24) is 0 Å². The van der Waals surface area contributed by atoms with Gasteiger partial charge in [0.15, 0.2) is 0 Å². The molecular formula is C22H24NO6PS. The summed E-state index contributed by atoms with van der Waals surface area (Å²) in [5.74, 6) is 1.11. The van der Waals surface area contributed by atoms with Crippen LogP contribution in [0, 0.1) is 0 Å². The van der Waals surface area contributed by atoms with Crippen molar-refractivity contribution in [1.29, 1.82) is 0 Å². The lowest BCUT2D eigenvalue weighted by atomic mass is 10.0. The van der Waals surface area contributed by atoms with Crippen LogP contribution in [-0.2, 0) is 19.1 Å². The second kappa shape index (κ2) is 10.7. The third-order valence-corrected chi connectivity index (χ3v) is 6.76. The number of nitrogens with zero attached hydrogens (tertiary/aromatic N) is 1. The molecular weight excluding hydrogens is 437 g/mol. The Labute approximate surface area is 183 Å². The summed E-state index contributed by atoms with van der Waals surface area (Å²) in [6.07, 6.45) is 1.32. The van der Waals surface area contributed by atoms with Gasteiger partial charge in [0.25, 0.3) is 10.0 Å². The minimum Gasteiger partial charge on any atom is -0.496 e. The number of ether oxygens (including phenoxy) is 1. The predicted octanol–water partition coefficient (Wildman–Crippen LogP) is 5.33. The molecule has 0 bridgehead atoms. The average molecular weight is 461 g/mol. The molecule has 0 aromatic heterocycles. The zero-order valence-corrected chi connectivity index (χ0v) is 19.2. The molecule has 3 aromatic carbocycles. The Balaban J connectivity index is 2.09. The molecule has 0 heterocycles. The van der Waals surface area contributed by atoms with Crippen molar-refractivity contribution < 1.29 is 26.7 Å². The number of hydrogen-bond donors (Lipinski definition) is 0. The van der Waals surface area contributed by atoms with Crippen LogP contribution in [0.15, 0.2) is 70.0 Å². The Hall–Kier alpha value is -2.51. The number of benzene rings is 3. The monoisotopic (exact) mass is 461 g/mol. The van der Waals surface area contributed by atoms with Gasteiger partial charge in [0.2, 0.25) is 0 Å². The Morgan fingerprint density at radius 2 is 1.61 bits per heavy atom.